The summed E-state index contributed by atoms with van der Waals surface area (Å²) >= 11 is 0. The average Bonchev–Trinajstić information content (AvgIpc) is 2.35. The van der Waals surface area contributed by atoms with Gasteiger partial charge in [-0.15, -0.1) is 12.4 Å². The van der Waals surface area contributed by atoms with Crippen LogP contribution in [0.5, 0.6) is 0 Å². The Labute approximate surface area is 117 Å². The van der Waals surface area contributed by atoms with Crippen molar-refractivity contribution in [3.05, 3.63) is 35.4 Å². The van der Waals surface area contributed by atoms with Crippen molar-refractivity contribution < 1.29 is 13.6 Å². The van der Waals surface area contributed by atoms with E-state index in [1.54, 1.807) is 0 Å². The van der Waals surface area contributed by atoms with Gasteiger partial charge in [-0.2, -0.15) is 0 Å². The molecule has 0 bridgehead atoms. The zero-order chi connectivity index (χ0) is 13.1. The molecule has 19 heavy (non-hydrogen) atoms. The molecule has 2 atom stereocenters. The summed E-state index contributed by atoms with van der Waals surface area (Å²) in [6.45, 7) is 3.75. The summed E-state index contributed by atoms with van der Waals surface area (Å²) in [5, 5.41) is 6.10. The summed E-state index contributed by atoms with van der Waals surface area (Å²) in [5.74, 6) is -1.97. The normalized spacial score (nSPS) is 22.5. The molecule has 6 heteroatoms. The topological polar surface area (TPSA) is 41.1 Å². The van der Waals surface area contributed by atoms with E-state index >= 15 is 0 Å². The molecule has 0 spiro atoms. The predicted molar refractivity (Wildman–Crippen MR) is 71.5 cm³/mol. The van der Waals surface area contributed by atoms with Crippen molar-refractivity contribution in [2.75, 3.05) is 13.1 Å². The van der Waals surface area contributed by atoms with Gasteiger partial charge in [-0.1, -0.05) is 6.92 Å². The molecule has 1 aliphatic heterocycles. The van der Waals surface area contributed by atoms with Crippen LogP contribution in [-0.4, -0.2) is 25.0 Å². The Hall–Kier alpha value is -1.20. The number of nitrogens with one attached hydrogen (secondary N) is 2. The van der Waals surface area contributed by atoms with E-state index in [1.165, 1.54) is 6.07 Å². The van der Waals surface area contributed by atoms with Crippen LogP contribution in [0.2, 0.25) is 0 Å². The van der Waals surface area contributed by atoms with Gasteiger partial charge < -0.3 is 10.6 Å². The van der Waals surface area contributed by atoms with Crippen LogP contribution in [0, 0.1) is 17.6 Å². The van der Waals surface area contributed by atoms with Gasteiger partial charge in [0.2, 0.25) is 0 Å². The maximum absolute atomic E-state index is 13.0. The SMILES string of the molecule is CC1CNCCC1NC(=O)c1ccc(F)c(F)c1.Cl. The number of carbonyl (C=O) groups excluding carboxylic acids is 1. The predicted octanol–water partition coefficient (Wildman–Crippen LogP) is 2.11. The van der Waals surface area contributed by atoms with Crippen molar-refractivity contribution >= 4 is 18.3 Å². The lowest BCUT2D eigenvalue weighted by molar-refractivity contribution is 0.0913. The van der Waals surface area contributed by atoms with Gasteiger partial charge in [-0.3, -0.25) is 4.79 Å². The van der Waals surface area contributed by atoms with Gasteiger partial charge >= 0.3 is 0 Å². The van der Waals surface area contributed by atoms with Gasteiger partial charge in [0.05, 0.1) is 0 Å². The fourth-order valence-corrected chi connectivity index (χ4v) is 2.12. The minimum atomic E-state index is -0.999. The molecule has 2 rings (SSSR count). The highest BCUT2D eigenvalue weighted by molar-refractivity contribution is 5.94. The molecular formula is C13H17ClF2N2O. The Morgan fingerprint density at radius 1 is 1.37 bits per heavy atom. The molecule has 1 fully saturated rings. The van der Waals surface area contributed by atoms with Crippen LogP contribution in [0.15, 0.2) is 18.2 Å². The monoisotopic (exact) mass is 290 g/mol. The first-order valence-electron chi connectivity index (χ1n) is 6.04. The molecule has 106 valence electrons. The Balaban J connectivity index is 0.00000180. The molecule has 0 saturated carbocycles. The molecule has 1 aromatic rings. The highest BCUT2D eigenvalue weighted by Gasteiger charge is 2.23. The number of halogens is 3. The van der Waals surface area contributed by atoms with E-state index < -0.39 is 11.6 Å². The molecule has 1 amide bonds. The summed E-state index contributed by atoms with van der Waals surface area (Å²) in [6.07, 6.45) is 0.844. The Morgan fingerprint density at radius 3 is 2.74 bits per heavy atom. The largest absolute Gasteiger partial charge is 0.349 e. The van der Waals surface area contributed by atoms with Crippen LogP contribution < -0.4 is 10.6 Å². The fourth-order valence-electron chi connectivity index (χ4n) is 2.12. The van der Waals surface area contributed by atoms with Gasteiger partial charge in [0.25, 0.3) is 5.91 Å². The summed E-state index contributed by atoms with van der Waals surface area (Å²) in [5.41, 5.74) is 0.152. The summed E-state index contributed by atoms with van der Waals surface area (Å²) in [6, 6.07) is 3.26. The highest BCUT2D eigenvalue weighted by atomic mass is 35.5. The minimum absolute atomic E-state index is 0. The molecule has 1 aliphatic rings. The third kappa shape index (κ3) is 3.88. The minimum Gasteiger partial charge on any atom is -0.349 e. The van der Waals surface area contributed by atoms with Crippen LogP contribution in [0.4, 0.5) is 8.78 Å². The second kappa shape index (κ2) is 6.82. The molecule has 0 aliphatic carbocycles. The van der Waals surface area contributed by atoms with Crippen LogP contribution in [0.25, 0.3) is 0 Å². The van der Waals surface area contributed by atoms with Gasteiger partial charge in [0.1, 0.15) is 0 Å². The number of hydrogen-bond donors (Lipinski definition) is 2. The second-order valence-corrected chi connectivity index (χ2v) is 4.68. The van der Waals surface area contributed by atoms with Gasteiger partial charge in [-0.25, -0.2) is 8.78 Å². The van der Waals surface area contributed by atoms with E-state index in [0.717, 1.165) is 31.6 Å². The number of hydrogen-bond acceptors (Lipinski definition) is 2. The summed E-state index contributed by atoms with van der Waals surface area (Å²) in [4.78, 5) is 11.9. The zero-order valence-corrected chi connectivity index (χ0v) is 11.4. The first-order valence-corrected chi connectivity index (χ1v) is 6.04. The number of rotatable bonds is 2. The molecule has 0 radical (unpaired) electrons. The molecule has 1 saturated heterocycles. The van der Waals surface area contributed by atoms with Crippen LogP contribution in [0.3, 0.4) is 0 Å². The molecular weight excluding hydrogens is 274 g/mol. The van der Waals surface area contributed by atoms with E-state index in [0.29, 0.717) is 5.92 Å². The first kappa shape index (κ1) is 15.9. The fraction of sp³-hybridized carbons (Fsp3) is 0.462. The number of benzene rings is 1. The van der Waals surface area contributed by atoms with Crippen molar-refractivity contribution in [2.24, 2.45) is 5.92 Å². The maximum Gasteiger partial charge on any atom is 0.251 e. The molecule has 1 heterocycles. The Kier molecular flexibility index (Phi) is 5.69. The van der Waals surface area contributed by atoms with Crippen molar-refractivity contribution in [3.63, 3.8) is 0 Å². The van der Waals surface area contributed by atoms with Crippen molar-refractivity contribution in [1.29, 1.82) is 0 Å². The van der Waals surface area contributed by atoms with Gasteiger partial charge in [-0.05, 0) is 43.6 Å². The summed E-state index contributed by atoms with van der Waals surface area (Å²) in [7, 11) is 0. The lowest BCUT2D eigenvalue weighted by Gasteiger charge is -2.30. The van der Waals surface area contributed by atoms with Crippen molar-refractivity contribution in [3.8, 4) is 0 Å². The zero-order valence-electron chi connectivity index (χ0n) is 10.6. The Bertz CT molecular complexity index is 456. The second-order valence-electron chi connectivity index (χ2n) is 4.68. The number of carbonyl (C=O) groups is 1. The van der Waals surface area contributed by atoms with Crippen LogP contribution in [0.1, 0.15) is 23.7 Å². The van der Waals surface area contributed by atoms with E-state index in [2.05, 4.69) is 10.6 Å². The van der Waals surface area contributed by atoms with Crippen molar-refractivity contribution in [1.82, 2.24) is 10.6 Å². The van der Waals surface area contributed by atoms with Crippen molar-refractivity contribution in [2.45, 2.75) is 19.4 Å². The molecule has 2 N–H and O–H groups in total. The smallest absolute Gasteiger partial charge is 0.251 e. The lowest BCUT2D eigenvalue weighted by atomic mass is 9.95. The van der Waals surface area contributed by atoms with Gasteiger partial charge in [0, 0.05) is 11.6 Å². The van der Waals surface area contributed by atoms with E-state index in [4.69, 9.17) is 0 Å². The van der Waals surface area contributed by atoms with Crippen LogP contribution in [-0.2, 0) is 0 Å². The average molecular weight is 291 g/mol. The number of piperidine rings is 1. The Morgan fingerprint density at radius 2 is 2.11 bits per heavy atom. The molecule has 3 nitrogen and oxygen atoms in total. The number of amides is 1. The van der Waals surface area contributed by atoms with E-state index in [9.17, 15) is 13.6 Å². The van der Waals surface area contributed by atoms with Gasteiger partial charge in [0.15, 0.2) is 11.6 Å². The molecule has 1 aromatic carbocycles. The third-order valence-electron chi connectivity index (χ3n) is 3.28. The van der Waals surface area contributed by atoms with E-state index in [-0.39, 0.29) is 29.9 Å². The maximum atomic E-state index is 13.0. The first-order chi connectivity index (χ1) is 8.58. The van der Waals surface area contributed by atoms with Crippen LogP contribution >= 0.6 is 12.4 Å². The van der Waals surface area contributed by atoms with E-state index in [1.807, 2.05) is 6.92 Å². The molecule has 0 aromatic heterocycles. The summed E-state index contributed by atoms with van der Waals surface area (Å²) < 4.78 is 25.8. The highest BCUT2D eigenvalue weighted by Crippen LogP contribution is 2.13. The standard InChI is InChI=1S/C13H16F2N2O.ClH/c1-8-7-16-5-4-12(8)17-13(18)9-2-3-10(14)11(15)6-9;/h2-3,6,8,12,16H,4-5,7H2,1H3,(H,17,18);1H. The quantitative estimate of drug-likeness (QED) is 0.876. The molecule has 2 unspecified atom stereocenters. The third-order valence-corrected chi connectivity index (χ3v) is 3.28. The lowest BCUT2D eigenvalue weighted by Crippen LogP contribution is -2.48.